The van der Waals surface area contributed by atoms with Gasteiger partial charge in [0.05, 0.1) is 27.8 Å². The third-order valence-electron chi connectivity index (χ3n) is 3.31. The van der Waals surface area contributed by atoms with Crippen molar-refractivity contribution in [1.82, 2.24) is 15.0 Å². The van der Waals surface area contributed by atoms with Crippen molar-refractivity contribution in [3.05, 3.63) is 66.9 Å². The molecule has 0 aliphatic carbocycles. The van der Waals surface area contributed by atoms with Crippen molar-refractivity contribution in [1.29, 1.82) is 0 Å². The van der Waals surface area contributed by atoms with Crippen LogP contribution >= 0.6 is 0 Å². The first-order chi connectivity index (χ1) is 9.92. The molecule has 0 bridgehead atoms. The maximum atomic E-state index is 4.75. The zero-order valence-electron chi connectivity index (χ0n) is 10.7. The summed E-state index contributed by atoms with van der Waals surface area (Å²) in [6.45, 7) is 0. The Labute approximate surface area is 116 Å². The molecule has 3 heteroatoms. The van der Waals surface area contributed by atoms with Gasteiger partial charge in [-0.2, -0.15) is 0 Å². The van der Waals surface area contributed by atoms with Crippen molar-refractivity contribution in [3.63, 3.8) is 0 Å². The topological polar surface area (TPSA) is 38.7 Å². The van der Waals surface area contributed by atoms with E-state index in [1.807, 2.05) is 60.7 Å². The molecule has 0 radical (unpaired) electrons. The Morgan fingerprint density at radius 3 is 2.15 bits per heavy atom. The molecule has 0 amide bonds. The van der Waals surface area contributed by atoms with E-state index in [-0.39, 0.29) is 0 Å². The fraction of sp³-hybridized carbons (Fsp3) is 0. The number of hydrogen-bond acceptors (Lipinski definition) is 3. The first-order valence-electron chi connectivity index (χ1n) is 6.49. The summed E-state index contributed by atoms with van der Waals surface area (Å²) in [4.78, 5) is 13.8. The van der Waals surface area contributed by atoms with E-state index in [2.05, 4.69) is 9.97 Å². The van der Waals surface area contributed by atoms with Gasteiger partial charge in [-0.25, -0.2) is 9.97 Å². The van der Waals surface area contributed by atoms with Gasteiger partial charge in [-0.1, -0.05) is 30.3 Å². The third-order valence-corrected chi connectivity index (χ3v) is 3.31. The maximum Gasteiger partial charge on any atom is 0.0988 e. The molecular formula is C17H11N3. The highest BCUT2D eigenvalue weighted by molar-refractivity contribution is 5.95. The van der Waals surface area contributed by atoms with Crippen molar-refractivity contribution in [3.8, 4) is 11.3 Å². The van der Waals surface area contributed by atoms with Crippen LogP contribution in [0.25, 0.3) is 33.3 Å². The number of pyridine rings is 1. The first-order valence-corrected chi connectivity index (χ1v) is 6.49. The Hall–Kier alpha value is -2.81. The molecule has 2 heterocycles. The van der Waals surface area contributed by atoms with E-state index < -0.39 is 0 Å². The van der Waals surface area contributed by atoms with Crippen LogP contribution in [-0.2, 0) is 0 Å². The summed E-state index contributed by atoms with van der Waals surface area (Å²) in [6.07, 6.45) is 1.79. The summed E-state index contributed by atoms with van der Waals surface area (Å²) in [7, 11) is 0. The second-order valence-electron chi connectivity index (χ2n) is 4.60. The average molecular weight is 257 g/mol. The van der Waals surface area contributed by atoms with Crippen LogP contribution in [0.5, 0.6) is 0 Å². The van der Waals surface area contributed by atoms with E-state index in [1.165, 1.54) is 0 Å². The monoisotopic (exact) mass is 257 g/mol. The highest BCUT2D eigenvalue weighted by atomic mass is 14.8. The molecule has 2 aromatic carbocycles. The molecule has 0 unspecified atom stereocenters. The Kier molecular flexibility index (Phi) is 2.42. The molecule has 2 aromatic heterocycles. The maximum absolute atomic E-state index is 4.75. The summed E-state index contributed by atoms with van der Waals surface area (Å²) < 4.78 is 0. The van der Waals surface area contributed by atoms with Crippen molar-refractivity contribution in [2.75, 3.05) is 0 Å². The summed E-state index contributed by atoms with van der Waals surface area (Å²) in [5.41, 5.74) is 5.54. The van der Waals surface area contributed by atoms with Crippen molar-refractivity contribution in [2.24, 2.45) is 0 Å². The average Bonchev–Trinajstić information content (AvgIpc) is 2.53. The van der Waals surface area contributed by atoms with E-state index in [9.17, 15) is 0 Å². The second kappa shape index (κ2) is 4.38. The highest BCUT2D eigenvalue weighted by Gasteiger charge is 2.08. The predicted molar refractivity (Wildman–Crippen MR) is 80.3 cm³/mol. The zero-order valence-corrected chi connectivity index (χ0v) is 10.7. The van der Waals surface area contributed by atoms with E-state index >= 15 is 0 Å². The van der Waals surface area contributed by atoms with Gasteiger partial charge in [0.2, 0.25) is 0 Å². The minimum Gasteiger partial charge on any atom is -0.256 e. The molecule has 0 N–H and O–H groups in total. The molecule has 0 aliphatic rings. The quantitative estimate of drug-likeness (QED) is 0.486. The largest absolute Gasteiger partial charge is 0.256 e. The Balaban J connectivity index is 2.09. The fourth-order valence-corrected chi connectivity index (χ4v) is 2.37. The van der Waals surface area contributed by atoms with E-state index in [1.54, 1.807) is 6.20 Å². The zero-order chi connectivity index (χ0) is 13.4. The van der Waals surface area contributed by atoms with Crippen LogP contribution in [0.3, 0.4) is 0 Å². The van der Waals surface area contributed by atoms with Crippen LogP contribution in [0.15, 0.2) is 66.9 Å². The molecule has 0 aliphatic heterocycles. The van der Waals surface area contributed by atoms with Crippen molar-refractivity contribution < 1.29 is 0 Å². The predicted octanol–water partition coefficient (Wildman–Crippen LogP) is 3.85. The van der Waals surface area contributed by atoms with Gasteiger partial charge in [-0.15, -0.1) is 0 Å². The number of nitrogens with zero attached hydrogens (tertiary/aromatic N) is 3. The molecule has 4 rings (SSSR count). The molecule has 4 aromatic rings. The molecule has 0 saturated heterocycles. The van der Waals surface area contributed by atoms with Gasteiger partial charge in [0, 0.05) is 11.8 Å². The minimum atomic E-state index is 0.893. The lowest BCUT2D eigenvalue weighted by molar-refractivity contribution is 1.32. The van der Waals surface area contributed by atoms with Gasteiger partial charge >= 0.3 is 0 Å². The van der Waals surface area contributed by atoms with Crippen LogP contribution in [-0.4, -0.2) is 15.0 Å². The lowest BCUT2D eigenvalue weighted by Crippen LogP contribution is -1.91. The molecule has 20 heavy (non-hydrogen) atoms. The van der Waals surface area contributed by atoms with E-state index in [0.717, 1.165) is 33.3 Å². The van der Waals surface area contributed by atoms with Crippen molar-refractivity contribution >= 4 is 22.1 Å². The smallest absolute Gasteiger partial charge is 0.0988 e. The van der Waals surface area contributed by atoms with Gasteiger partial charge in [-0.3, -0.25) is 4.98 Å². The lowest BCUT2D eigenvalue weighted by Gasteiger charge is -2.06. The first kappa shape index (κ1) is 11.1. The Morgan fingerprint density at radius 2 is 1.35 bits per heavy atom. The van der Waals surface area contributed by atoms with E-state index in [0.29, 0.717) is 0 Å². The normalized spacial score (nSPS) is 11.0. The van der Waals surface area contributed by atoms with Crippen LogP contribution in [0.2, 0.25) is 0 Å². The minimum absolute atomic E-state index is 0.893. The molecule has 94 valence electrons. The molecule has 0 saturated carbocycles. The van der Waals surface area contributed by atoms with Gasteiger partial charge in [0.25, 0.3) is 0 Å². The second-order valence-corrected chi connectivity index (χ2v) is 4.60. The Morgan fingerprint density at radius 1 is 0.600 bits per heavy atom. The highest BCUT2D eigenvalue weighted by Crippen LogP contribution is 2.26. The number of para-hydroxylation sites is 3. The third kappa shape index (κ3) is 1.72. The van der Waals surface area contributed by atoms with E-state index in [4.69, 9.17) is 4.98 Å². The Bertz CT molecular complexity index is 901. The fourth-order valence-electron chi connectivity index (χ4n) is 2.37. The SMILES string of the molecule is c1ccc(-c2cccc3nc4ccccc4nc23)nc1. The summed E-state index contributed by atoms with van der Waals surface area (Å²) in [5.74, 6) is 0. The summed E-state index contributed by atoms with van der Waals surface area (Å²) >= 11 is 0. The van der Waals surface area contributed by atoms with Crippen LogP contribution in [0.4, 0.5) is 0 Å². The van der Waals surface area contributed by atoms with Crippen LogP contribution in [0.1, 0.15) is 0 Å². The standard InChI is InChI=1S/C17H11N3/c1-2-9-15-14(8-1)19-16-10-5-6-12(17(16)20-15)13-7-3-4-11-18-13/h1-11H. The summed E-state index contributed by atoms with van der Waals surface area (Å²) in [5, 5.41) is 0. The van der Waals surface area contributed by atoms with Gasteiger partial charge in [0.1, 0.15) is 0 Å². The molecular weight excluding hydrogens is 246 g/mol. The molecule has 3 nitrogen and oxygen atoms in total. The van der Waals surface area contributed by atoms with Crippen LogP contribution < -0.4 is 0 Å². The molecule has 0 atom stereocenters. The number of rotatable bonds is 1. The van der Waals surface area contributed by atoms with Crippen LogP contribution in [0, 0.1) is 0 Å². The lowest BCUT2D eigenvalue weighted by atomic mass is 10.1. The summed E-state index contributed by atoms with van der Waals surface area (Å²) in [6, 6.07) is 19.8. The number of hydrogen-bond donors (Lipinski definition) is 0. The van der Waals surface area contributed by atoms with Crippen molar-refractivity contribution in [2.45, 2.75) is 0 Å². The van der Waals surface area contributed by atoms with Gasteiger partial charge < -0.3 is 0 Å². The molecule has 0 fully saturated rings. The number of fused-ring (bicyclic) bond motifs is 2. The molecule has 0 spiro atoms. The number of aromatic nitrogens is 3. The van der Waals surface area contributed by atoms with Gasteiger partial charge in [-0.05, 0) is 30.3 Å². The number of benzene rings is 2. The van der Waals surface area contributed by atoms with Gasteiger partial charge in [0.15, 0.2) is 0 Å².